The Balaban J connectivity index is 1.27. The number of benzene rings is 2. The van der Waals surface area contributed by atoms with Crippen molar-refractivity contribution in [3.05, 3.63) is 59.0 Å². The molecular weight excluding hydrogens is 464 g/mol. The number of amides is 1. The summed E-state index contributed by atoms with van der Waals surface area (Å²) in [6, 6.07) is 11.1. The zero-order chi connectivity index (χ0) is 24.7. The van der Waals surface area contributed by atoms with E-state index in [1.807, 2.05) is 38.1 Å². The number of rotatable bonds is 6. The largest absolute Gasteiger partial charge is 0.339 e. The summed E-state index contributed by atoms with van der Waals surface area (Å²) in [7, 11) is -3.72. The Morgan fingerprint density at radius 3 is 2.37 bits per heavy atom. The number of sulfonamides is 1. The number of anilines is 1. The van der Waals surface area contributed by atoms with Gasteiger partial charge in [-0.05, 0) is 81.3 Å². The first-order valence-corrected chi connectivity index (χ1v) is 13.5. The molecule has 2 aromatic carbocycles. The van der Waals surface area contributed by atoms with E-state index < -0.39 is 10.0 Å². The van der Waals surface area contributed by atoms with Crippen molar-refractivity contribution in [1.82, 2.24) is 14.4 Å². The van der Waals surface area contributed by atoms with Gasteiger partial charge in [-0.25, -0.2) is 8.42 Å². The molecule has 184 valence electrons. The van der Waals surface area contributed by atoms with Crippen LogP contribution in [0.15, 0.2) is 45.8 Å². The van der Waals surface area contributed by atoms with Crippen LogP contribution in [0.5, 0.6) is 0 Å². The van der Waals surface area contributed by atoms with Crippen LogP contribution in [0.1, 0.15) is 54.2 Å². The molecule has 0 radical (unpaired) electrons. The molecule has 9 heteroatoms. The van der Waals surface area contributed by atoms with Gasteiger partial charge in [0.05, 0.1) is 4.90 Å². The third-order valence-electron chi connectivity index (χ3n) is 7.03. The van der Waals surface area contributed by atoms with E-state index in [4.69, 9.17) is 4.52 Å². The summed E-state index contributed by atoms with van der Waals surface area (Å²) in [6.45, 7) is 6.42. The Kier molecular flexibility index (Phi) is 6.23. The van der Waals surface area contributed by atoms with Gasteiger partial charge >= 0.3 is 0 Å². The van der Waals surface area contributed by atoms with E-state index in [0.717, 1.165) is 24.1 Å². The maximum absolute atomic E-state index is 13.5. The summed E-state index contributed by atoms with van der Waals surface area (Å²) in [5.41, 5.74) is 4.34. The van der Waals surface area contributed by atoms with Gasteiger partial charge in [0.1, 0.15) is 0 Å². The minimum absolute atomic E-state index is 0.0629. The van der Waals surface area contributed by atoms with E-state index in [-0.39, 0.29) is 16.7 Å². The van der Waals surface area contributed by atoms with E-state index in [2.05, 4.69) is 15.5 Å². The van der Waals surface area contributed by atoms with Crippen LogP contribution in [0.4, 0.5) is 5.69 Å². The van der Waals surface area contributed by atoms with Crippen LogP contribution in [0.25, 0.3) is 11.4 Å². The lowest BCUT2D eigenvalue weighted by Crippen LogP contribution is -2.41. The number of hydrogen-bond donors (Lipinski definition) is 1. The van der Waals surface area contributed by atoms with Crippen molar-refractivity contribution in [2.45, 2.75) is 57.3 Å². The first kappa shape index (κ1) is 23.7. The fourth-order valence-corrected chi connectivity index (χ4v) is 6.15. The van der Waals surface area contributed by atoms with E-state index >= 15 is 0 Å². The second-order valence-electron chi connectivity index (χ2n) is 9.68. The summed E-state index contributed by atoms with van der Waals surface area (Å²) in [6.07, 6.45) is 3.05. The Bertz CT molecular complexity index is 1370. The SMILES string of the molecule is Cc1ccc(NC(=O)C2CCN(S(=O)(=O)c3cc(-c4noc(C5CC5)n4)ccc3C)CC2)cc1C. The highest BCUT2D eigenvalue weighted by molar-refractivity contribution is 7.89. The molecule has 5 rings (SSSR count). The Morgan fingerprint density at radius 1 is 0.971 bits per heavy atom. The van der Waals surface area contributed by atoms with Gasteiger partial charge < -0.3 is 9.84 Å². The monoisotopic (exact) mass is 494 g/mol. The van der Waals surface area contributed by atoms with Crippen molar-refractivity contribution in [3.8, 4) is 11.4 Å². The molecular formula is C26H30N4O4S. The van der Waals surface area contributed by atoms with E-state index in [9.17, 15) is 13.2 Å². The van der Waals surface area contributed by atoms with Crippen molar-refractivity contribution < 1.29 is 17.7 Å². The molecule has 1 amide bonds. The first-order chi connectivity index (χ1) is 16.7. The second-order valence-corrected chi connectivity index (χ2v) is 11.6. The molecule has 2 heterocycles. The molecule has 3 aromatic rings. The highest BCUT2D eigenvalue weighted by Gasteiger charge is 2.34. The molecule has 1 N–H and O–H groups in total. The molecule has 35 heavy (non-hydrogen) atoms. The Labute approximate surface area is 205 Å². The van der Waals surface area contributed by atoms with Gasteiger partial charge in [-0.15, -0.1) is 0 Å². The zero-order valence-electron chi connectivity index (χ0n) is 20.2. The summed E-state index contributed by atoms with van der Waals surface area (Å²) < 4.78 is 33.8. The average molecular weight is 495 g/mol. The quantitative estimate of drug-likeness (QED) is 0.538. The third kappa shape index (κ3) is 4.88. The van der Waals surface area contributed by atoms with Crippen LogP contribution in [-0.2, 0) is 14.8 Å². The van der Waals surface area contributed by atoms with Gasteiger partial charge in [-0.1, -0.05) is 23.4 Å². The van der Waals surface area contributed by atoms with Gasteiger partial charge in [-0.2, -0.15) is 9.29 Å². The number of nitrogens with one attached hydrogen (secondary N) is 1. The summed E-state index contributed by atoms with van der Waals surface area (Å²) in [5, 5.41) is 7.03. The lowest BCUT2D eigenvalue weighted by Gasteiger charge is -2.31. The minimum atomic E-state index is -3.72. The maximum atomic E-state index is 13.5. The van der Waals surface area contributed by atoms with E-state index in [1.54, 1.807) is 19.1 Å². The van der Waals surface area contributed by atoms with Gasteiger partial charge in [0, 0.05) is 36.2 Å². The maximum Gasteiger partial charge on any atom is 0.243 e. The second kappa shape index (κ2) is 9.20. The fourth-order valence-electron chi connectivity index (χ4n) is 4.43. The molecule has 1 aliphatic heterocycles. The number of hydrogen-bond acceptors (Lipinski definition) is 6. The number of piperidine rings is 1. The molecule has 2 fully saturated rings. The van der Waals surface area contributed by atoms with Crippen LogP contribution in [0.3, 0.4) is 0 Å². The van der Waals surface area contributed by atoms with Crippen molar-refractivity contribution in [2.24, 2.45) is 5.92 Å². The van der Waals surface area contributed by atoms with E-state index in [1.165, 1.54) is 9.87 Å². The lowest BCUT2D eigenvalue weighted by molar-refractivity contribution is -0.120. The molecule has 1 saturated carbocycles. The van der Waals surface area contributed by atoms with Crippen LogP contribution >= 0.6 is 0 Å². The lowest BCUT2D eigenvalue weighted by atomic mass is 9.97. The van der Waals surface area contributed by atoms with E-state index in [0.29, 0.717) is 54.7 Å². The number of nitrogens with zero attached hydrogens (tertiary/aromatic N) is 3. The van der Waals surface area contributed by atoms with Crippen molar-refractivity contribution in [2.75, 3.05) is 18.4 Å². The molecule has 0 unspecified atom stereocenters. The molecule has 0 atom stereocenters. The topological polar surface area (TPSA) is 105 Å². The zero-order valence-corrected chi connectivity index (χ0v) is 21.1. The number of carbonyl (C=O) groups excluding carboxylic acids is 1. The minimum Gasteiger partial charge on any atom is -0.339 e. The molecule has 1 aromatic heterocycles. The molecule has 1 saturated heterocycles. The number of carbonyl (C=O) groups is 1. The normalized spacial score (nSPS) is 17.5. The van der Waals surface area contributed by atoms with Gasteiger partial charge in [0.2, 0.25) is 27.6 Å². The fraction of sp³-hybridized carbons (Fsp3) is 0.423. The smallest absolute Gasteiger partial charge is 0.243 e. The molecule has 8 nitrogen and oxygen atoms in total. The average Bonchev–Trinajstić information content (AvgIpc) is 3.58. The molecule has 0 bridgehead atoms. The van der Waals surface area contributed by atoms with Crippen LogP contribution in [-0.4, -0.2) is 41.9 Å². The predicted octanol–water partition coefficient (Wildman–Crippen LogP) is 4.58. The van der Waals surface area contributed by atoms with Crippen molar-refractivity contribution in [1.29, 1.82) is 0 Å². The molecule has 0 spiro atoms. The number of aryl methyl sites for hydroxylation is 3. The van der Waals surface area contributed by atoms with Crippen LogP contribution in [0.2, 0.25) is 0 Å². The van der Waals surface area contributed by atoms with Gasteiger partial charge in [0.15, 0.2) is 0 Å². The predicted molar refractivity (Wildman–Crippen MR) is 132 cm³/mol. The van der Waals surface area contributed by atoms with Gasteiger partial charge in [-0.3, -0.25) is 4.79 Å². The highest BCUT2D eigenvalue weighted by atomic mass is 32.2. The van der Waals surface area contributed by atoms with Crippen LogP contribution in [0, 0.1) is 26.7 Å². The summed E-state index contributed by atoms with van der Waals surface area (Å²) in [5.74, 6) is 1.07. The standard InChI is InChI=1S/C26H30N4O4S/c1-16-5-9-22(14-18(16)3)27-25(31)19-10-12-30(13-11-19)35(32,33)23-15-21(6-4-17(23)2)24-28-26(34-29-24)20-7-8-20/h4-6,9,14-15,19-20H,7-8,10-13H2,1-3H3,(H,27,31). The summed E-state index contributed by atoms with van der Waals surface area (Å²) >= 11 is 0. The Morgan fingerprint density at radius 2 is 1.69 bits per heavy atom. The summed E-state index contributed by atoms with van der Waals surface area (Å²) in [4.78, 5) is 17.5. The molecule has 2 aliphatic rings. The third-order valence-corrected chi connectivity index (χ3v) is 9.07. The first-order valence-electron chi connectivity index (χ1n) is 12.1. The number of aromatic nitrogens is 2. The molecule has 1 aliphatic carbocycles. The Hall–Kier alpha value is -3.04. The van der Waals surface area contributed by atoms with Gasteiger partial charge in [0.25, 0.3) is 0 Å². The van der Waals surface area contributed by atoms with Crippen molar-refractivity contribution in [3.63, 3.8) is 0 Å². The van der Waals surface area contributed by atoms with Crippen molar-refractivity contribution >= 4 is 21.6 Å². The van der Waals surface area contributed by atoms with Crippen LogP contribution < -0.4 is 5.32 Å². The highest BCUT2D eigenvalue weighted by Crippen LogP contribution is 2.39.